The molecule has 20 heavy (non-hydrogen) atoms. The number of aliphatic carboxylic acids is 1. The fraction of sp³-hybridized carbons (Fsp3) is 0.643. The Hall–Kier alpha value is -1.85. The summed E-state index contributed by atoms with van der Waals surface area (Å²) in [5.41, 5.74) is 0.304. The van der Waals surface area contributed by atoms with Crippen LogP contribution in [0.15, 0.2) is 4.52 Å². The summed E-state index contributed by atoms with van der Waals surface area (Å²) in [5.74, 6) is -0.711. The van der Waals surface area contributed by atoms with Gasteiger partial charge in [-0.05, 0) is 26.7 Å². The second kappa shape index (κ2) is 5.64. The zero-order chi connectivity index (χ0) is 14.8. The van der Waals surface area contributed by atoms with Crippen molar-refractivity contribution < 1.29 is 19.2 Å². The monoisotopic (exact) mass is 280 g/mol. The lowest BCUT2D eigenvalue weighted by Crippen LogP contribution is -2.51. The summed E-state index contributed by atoms with van der Waals surface area (Å²) in [4.78, 5) is 23.5. The number of carbonyl (C=O) groups excluding carboxylic acids is 1. The van der Waals surface area contributed by atoms with Gasteiger partial charge in [-0.2, -0.15) is 0 Å². The minimum absolute atomic E-state index is 0.0396. The average Bonchev–Trinajstić information content (AvgIpc) is 2.68. The van der Waals surface area contributed by atoms with Gasteiger partial charge in [-0.3, -0.25) is 9.59 Å². The van der Waals surface area contributed by atoms with Crippen LogP contribution in [-0.4, -0.2) is 27.7 Å². The zero-order valence-electron chi connectivity index (χ0n) is 11.9. The van der Waals surface area contributed by atoms with Crippen LogP contribution in [0.1, 0.15) is 60.3 Å². The maximum absolute atomic E-state index is 12.4. The van der Waals surface area contributed by atoms with Gasteiger partial charge in [0.25, 0.3) is 5.91 Å². The number of aryl methyl sites for hydroxylation is 2. The van der Waals surface area contributed by atoms with Crippen molar-refractivity contribution in [3.63, 3.8) is 0 Å². The molecule has 1 aromatic heterocycles. The Morgan fingerprint density at radius 1 is 1.30 bits per heavy atom. The molecule has 1 heterocycles. The molecule has 1 saturated carbocycles. The quantitative estimate of drug-likeness (QED) is 0.882. The highest BCUT2D eigenvalue weighted by molar-refractivity contribution is 5.96. The largest absolute Gasteiger partial charge is 0.481 e. The summed E-state index contributed by atoms with van der Waals surface area (Å²) in [6.45, 7) is 3.38. The van der Waals surface area contributed by atoms with Crippen molar-refractivity contribution in [3.8, 4) is 0 Å². The molecule has 0 aromatic carbocycles. The summed E-state index contributed by atoms with van der Waals surface area (Å²) < 4.78 is 4.99. The van der Waals surface area contributed by atoms with Crippen molar-refractivity contribution in [2.45, 2.75) is 57.9 Å². The average molecular weight is 280 g/mol. The molecule has 1 aromatic rings. The van der Waals surface area contributed by atoms with Crippen LogP contribution in [-0.2, 0) is 4.79 Å². The molecule has 0 spiro atoms. The molecule has 6 heteroatoms. The highest BCUT2D eigenvalue weighted by Crippen LogP contribution is 2.31. The summed E-state index contributed by atoms with van der Waals surface area (Å²) in [5, 5.41) is 15.8. The highest BCUT2D eigenvalue weighted by atomic mass is 16.5. The molecule has 1 fully saturated rings. The summed E-state index contributed by atoms with van der Waals surface area (Å²) in [6.07, 6.45) is 4.33. The maximum Gasteiger partial charge on any atom is 0.305 e. The predicted molar refractivity (Wildman–Crippen MR) is 71.5 cm³/mol. The number of hydrogen-bond donors (Lipinski definition) is 2. The van der Waals surface area contributed by atoms with E-state index in [1.54, 1.807) is 13.8 Å². The Bertz CT molecular complexity index is 496. The van der Waals surface area contributed by atoms with Gasteiger partial charge >= 0.3 is 5.97 Å². The molecule has 2 N–H and O–H groups in total. The molecule has 0 atom stereocenters. The molecule has 0 saturated heterocycles. The number of aromatic nitrogens is 1. The minimum atomic E-state index is -0.883. The molecular weight excluding hydrogens is 260 g/mol. The summed E-state index contributed by atoms with van der Waals surface area (Å²) >= 11 is 0. The third-order valence-corrected chi connectivity index (χ3v) is 3.94. The van der Waals surface area contributed by atoms with E-state index < -0.39 is 11.5 Å². The number of rotatable bonds is 4. The van der Waals surface area contributed by atoms with E-state index in [-0.39, 0.29) is 12.3 Å². The van der Waals surface area contributed by atoms with Gasteiger partial charge in [0.2, 0.25) is 0 Å². The van der Waals surface area contributed by atoms with E-state index in [4.69, 9.17) is 9.63 Å². The van der Waals surface area contributed by atoms with Crippen molar-refractivity contribution in [3.05, 3.63) is 17.0 Å². The molecule has 1 aliphatic carbocycles. The first-order chi connectivity index (χ1) is 9.43. The van der Waals surface area contributed by atoms with Crippen molar-refractivity contribution >= 4 is 11.9 Å². The van der Waals surface area contributed by atoms with Crippen molar-refractivity contribution in [1.82, 2.24) is 10.5 Å². The number of carboxylic acid groups (broad SMARTS) is 1. The number of nitrogens with zero attached hydrogens (tertiary/aromatic N) is 1. The van der Waals surface area contributed by atoms with Crippen LogP contribution in [0.3, 0.4) is 0 Å². The second-order valence-electron chi connectivity index (χ2n) is 5.56. The number of carboxylic acids is 1. The highest BCUT2D eigenvalue weighted by Gasteiger charge is 2.37. The Morgan fingerprint density at radius 3 is 2.45 bits per heavy atom. The van der Waals surface area contributed by atoms with Crippen LogP contribution in [0.25, 0.3) is 0 Å². The number of amides is 1. The van der Waals surface area contributed by atoms with Gasteiger partial charge < -0.3 is 14.9 Å². The van der Waals surface area contributed by atoms with E-state index in [0.29, 0.717) is 29.9 Å². The number of carbonyl (C=O) groups is 2. The lowest BCUT2D eigenvalue weighted by Gasteiger charge is -2.37. The molecule has 0 bridgehead atoms. The number of hydrogen-bond acceptors (Lipinski definition) is 4. The van der Waals surface area contributed by atoms with Crippen molar-refractivity contribution in [2.24, 2.45) is 0 Å². The van der Waals surface area contributed by atoms with Crippen molar-refractivity contribution in [1.29, 1.82) is 0 Å². The second-order valence-corrected chi connectivity index (χ2v) is 5.56. The molecule has 0 aliphatic heterocycles. The Morgan fingerprint density at radius 2 is 1.95 bits per heavy atom. The third-order valence-electron chi connectivity index (χ3n) is 3.94. The number of nitrogens with one attached hydrogen (secondary N) is 1. The van der Waals surface area contributed by atoms with E-state index >= 15 is 0 Å². The van der Waals surface area contributed by atoms with Gasteiger partial charge in [0.15, 0.2) is 0 Å². The Kier molecular flexibility index (Phi) is 4.11. The van der Waals surface area contributed by atoms with E-state index in [9.17, 15) is 9.59 Å². The summed E-state index contributed by atoms with van der Waals surface area (Å²) in [6, 6.07) is 0. The molecule has 2 rings (SSSR count). The van der Waals surface area contributed by atoms with Crippen LogP contribution in [0, 0.1) is 13.8 Å². The fourth-order valence-corrected chi connectivity index (χ4v) is 2.97. The van der Waals surface area contributed by atoms with Gasteiger partial charge in [0.05, 0.1) is 17.7 Å². The van der Waals surface area contributed by atoms with Gasteiger partial charge in [-0.15, -0.1) is 0 Å². The predicted octanol–water partition coefficient (Wildman–Crippen LogP) is 2.20. The molecule has 0 radical (unpaired) electrons. The molecular formula is C14H20N2O4. The Labute approximate surface area is 117 Å². The van der Waals surface area contributed by atoms with E-state index in [0.717, 1.165) is 19.3 Å². The molecule has 0 unspecified atom stereocenters. The van der Waals surface area contributed by atoms with Gasteiger partial charge in [0, 0.05) is 0 Å². The van der Waals surface area contributed by atoms with Gasteiger partial charge in [-0.1, -0.05) is 24.4 Å². The standard InChI is InChI=1S/C14H20N2O4/c1-9-12(10(2)20-16-9)13(19)15-14(8-11(17)18)6-4-3-5-7-14/h3-8H2,1-2H3,(H,15,19)(H,17,18). The molecule has 1 aliphatic rings. The normalized spacial score (nSPS) is 17.7. The first-order valence-corrected chi connectivity index (χ1v) is 6.91. The molecule has 1 amide bonds. The smallest absolute Gasteiger partial charge is 0.305 e. The molecule has 6 nitrogen and oxygen atoms in total. The first kappa shape index (κ1) is 14.6. The lowest BCUT2D eigenvalue weighted by atomic mass is 9.79. The molecule has 110 valence electrons. The zero-order valence-corrected chi connectivity index (χ0v) is 11.9. The maximum atomic E-state index is 12.4. The van der Waals surface area contributed by atoms with Gasteiger partial charge in [-0.25, -0.2) is 0 Å². The third kappa shape index (κ3) is 3.00. The van der Waals surface area contributed by atoms with Crippen molar-refractivity contribution in [2.75, 3.05) is 0 Å². The van der Waals surface area contributed by atoms with Crippen LogP contribution in [0.4, 0.5) is 0 Å². The first-order valence-electron chi connectivity index (χ1n) is 6.91. The van der Waals surface area contributed by atoms with E-state index in [2.05, 4.69) is 10.5 Å². The minimum Gasteiger partial charge on any atom is -0.481 e. The van der Waals surface area contributed by atoms with E-state index in [1.165, 1.54) is 0 Å². The lowest BCUT2D eigenvalue weighted by molar-refractivity contribution is -0.139. The van der Waals surface area contributed by atoms with E-state index in [1.807, 2.05) is 0 Å². The summed E-state index contributed by atoms with van der Waals surface area (Å²) in [7, 11) is 0. The SMILES string of the molecule is Cc1noc(C)c1C(=O)NC1(CC(=O)O)CCCCC1. The van der Waals surface area contributed by atoms with Crippen LogP contribution in [0.2, 0.25) is 0 Å². The van der Waals surface area contributed by atoms with Crippen LogP contribution < -0.4 is 5.32 Å². The fourth-order valence-electron chi connectivity index (χ4n) is 2.97. The van der Waals surface area contributed by atoms with Gasteiger partial charge in [0.1, 0.15) is 11.3 Å². The van der Waals surface area contributed by atoms with Crippen LogP contribution >= 0.6 is 0 Å². The Balaban J connectivity index is 2.19. The topological polar surface area (TPSA) is 92.4 Å². The van der Waals surface area contributed by atoms with Crippen LogP contribution in [0.5, 0.6) is 0 Å².